The number of carbonyl (C=O) groups excluding carboxylic acids is 3. The molecule has 2 rings (SSSR count). The molecule has 0 unspecified atom stereocenters. The molecule has 1 fully saturated rings. The van der Waals surface area contributed by atoms with Crippen LogP contribution in [0.4, 0.5) is 13.2 Å². The van der Waals surface area contributed by atoms with Gasteiger partial charge in [-0.2, -0.15) is 18.3 Å². The molecular formula is C11H12F3N5O3. The van der Waals surface area contributed by atoms with Gasteiger partial charge in [0.1, 0.15) is 6.54 Å². The number of amides is 3. The molecule has 0 bridgehead atoms. The van der Waals surface area contributed by atoms with Crippen molar-refractivity contribution < 1.29 is 27.6 Å². The van der Waals surface area contributed by atoms with Crippen molar-refractivity contribution in [2.45, 2.75) is 31.6 Å². The Morgan fingerprint density at radius 1 is 1.23 bits per heavy atom. The summed E-state index contributed by atoms with van der Waals surface area (Å²) < 4.78 is 37.7. The van der Waals surface area contributed by atoms with Gasteiger partial charge in [-0.15, -0.1) is 0 Å². The van der Waals surface area contributed by atoms with Crippen molar-refractivity contribution in [2.24, 2.45) is 0 Å². The number of carbonyl (C=O) groups is 3. The second-order valence-electron chi connectivity index (χ2n) is 4.65. The molecule has 1 heterocycles. The van der Waals surface area contributed by atoms with Gasteiger partial charge in [-0.25, -0.2) is 0 Å². The molecule has 1 aromatic heterocycles. The highest BCUT2D eigenvalue weighted by Gasteiger charge is 2.33. The third-order valence-corrected chi connectivity index (χ3v) is 2.67. The predicted molar refractivity (Wildman–Crippen MR) is 64.7 cm³/mol. The van der Waals surface area contributed by atoms with Crippen LogP contribution in [0.15, 0.2) is 12.3 Å². The Morgan fingerprint density at radius 2 is 1.91 bits per heavy atom. The number of hydrazine groups is 1. The normalized spacial score (nSPS) is 14.3. The van der Waals surface area contributed by atoms with Crippen LogP contribution < -0.4 is 16.2 Å². The number of aromatic nitrogens is 2. The maximum absolute atomic E-state index is 12.3. The number of rotatable bonds is 3. The molecule has 11 heteroatoms. The molecule has 8 nitrogen and oxygen atoms in total. The maximum Gasteiger partial charge on any atom is 0.435 e. The van der Waals surface area contributed by atoms with Crippen molar-refractivity contribution in [2.75, 3.05) is 0 Å². The lowest BCUT2D eigenvalue weighted by Gasteiger charge is -2.07. The van der Waals surface area contributed by atoms with Gasteiger partial charge in [0.05, 0.1) is 0 Å². The Kier molecular flexibility index (Phi) is 4.33. The predicted octanol–water partition coefficient (Wildman–Crippen LogP) is -0.672. The fourth-order valence-electron chi connectivity index (χ4n) is 1.45. The molecule has 3 amide bonds. The molecule has 1 aromatic rings. The fraction of sp³-hybridized carbons (Fsp3) is 0.455. The first kappa shape index (κ1) is 15.8. The number of halogens is 3. The second kappa shape index (κ2) is 6.03. The summed E-state index contributed by atoms with van der Waals surface area (Å²) >= 11 is 0. The largest absolute Gasteiger partial charge is 0.435 e. The van der Waals surface area contributed by atoms with Gasteiger partial charge in [0.25, 0.3) is 5.91 Å². The van der Waals surface area contributed by atoms with E-state index in [9.17, 15) is 27.6 Å². The zero-order valence-corrected chi connectivity index (χ0v) is 11.1. The van der Waals surface area contributed by atoms with Crippen LogP contribution in [0.25, 0.3) is 0 Å². The van der Waals surface area contributed by atoms with E-state index in [1.807, 2.05) is 10.9 Å². The van der Waals surface area contributed by atoms with Crippen molar-refractivity contribution >= 4 is 17.7 Å². The Balaban J connectivity index is 1.76. The fourth-order valence-corrected chi connectivity index (χ4v) is 1.45. The Hall–Kier alpha value is -2.59. The van der Waals surface area contributed by atoms with E-state index in [2.05, 4.69) is 10.4 Å². The summed E-state index contributed by atoms with van der Waals surface area (Å²) in [6, 6.07) is 0.702. The first-order valence-electron chi connectivity index (χ1n) is 6.26. The first-order valence-corrected chi connectivity index (χ1v) is 6.26. The van der Waals surface area contributed by atoms with Crippen LogP contribution in [0.1, 0.15) is 18.5 Å². The number of hydrogen-bond donors (Lipinski definition) is 3. The van der Waals surface area contributed by atoms with Gasteiger partial charge in [0.2, 0.25) is 0 Å². The topological polar surface area (TPSA) is 105 Å². The molecule has 120 valence electrons. The summed E-state index contributed by atoms with van der Waals surface area (Å²) in [6.07, 6.45) is -2.03. The van der Waals surface area contributed by atoms with E-state index in [1.165, 1.54) is 0 Å². The van der Waals surface area contributed by atoms with Gasteiger partial charge in [0, 0.05) is 12.2 Å². The van der Waals surface area contributed by atoms with Crippen molar-refractivity contribution in [1.82, 2.24) is 25.9 Å². The van der Waals surface area contributed by atoms with E-state index in [-0.39, 0.29) is 6.04 Å². The molecule has 0 spiro atoms. The lowest BCUT2D eigenvalue weighted by molar-refractivity contribution is -0.142. The summed E-state index contributed by atoms with van der Waals surface area (Å²) in [7, 11) is 0. The van der Waals surface area contributed by atoms with Gasteiger partial charge < -0.3 is 5.32 Å². The van der Waals surface area contributed by atoms with Crippen molar-refractivity contribution in [3.05, 3.63) is 18.0 Å². The monoisotopic (exact) mass is 319 g/mol. The zero-order chi connectivity index (χ0) is 16.3. The van der Waals surface area contributed by atoms with Crippen LogP contribution in [0, 0.1) is 0 Å². The van der Waals surface area contributed by atoms with Crippen LogP contribution in [-0.4, -0.2) is 33.5 Å². The Bertz CT molecular complexity index is 594. The van der Waals surface area contributed by atoms with Gasteiger partial charge in [-0.3, -0.25) is 29.9 Å². The summed E-state index contributed by atoms with van der Waals surface area (Å²) in [5, 5.41) is 5.57. The van der Waals surface area contributed by atoms with E-state index in [0.29, 0.717) is 0 Å². The average molecular weight is 319 g/mol. The van der Waals surface area contributed by atoms with E-state index < -0.39 is 36.1 Å². The highest BCUT2D eigenvalue weighted by molar-refractivity contribution is 6.35. The molecule has 0 saturated heterocycles. The molecule has 0 radical (unpaired) electrons. The third-order valence-electron chi connectivity index (χ3n) is 2.67. The average Bonchev–Trinajstić information content (AvgIpc) is 3.10. The molecule has 22 heavy (non-hydrogen) atoms. The molecule has 1 saturated carbocycles. The minimum atomic E-state index is -4.60. The maximum atomic E-state index is 12.3. The second-order valence-corrected chi connectivity index (χ2v) is 4.65. The lowest BCUT2D eigenvalue weighted by atomic mass is 10.4. The van der Waals surface area contributed by atoms with Gasteiger partial charge in [-0.05, 0) is 18.9 Å². The Labute approximate surface area is 122 Å². The highest BCUT2D eigenvalue weighted by Crippen LogP contribution is 2.27. The summed E-state index contributed by atoms with van der Waals surface area (Å²) in [5.41, 5.74) is 2.64. The summed E-state index contributed by atoms with van der Waals surface area (Å²) in [5.74, 6) is -2.78. The molecule has 3 N–H and O–H groups in total. The number of nitrogens with one attached hydrogen (secondary N) is 3. The molecule has 0 atom stereocenters. The minimum absolute atomic E-state index is 0.0150. The standard InChI is InChI=1S/C11H12F3N5O3/c12-11(13,14)7-3-4-19(18-7)5-8(20)16-17-10(22)9(21)15-6-1-2-6/h3-4,6H,1-2,5H2,(H,15,21)(H,16,20)(H,17,22). The number of nitrogens with zero attached hydrogens (tertiary/aromatic N) is 2. The number of alkyl halides is 3. The lowest BCUT2D eigenvalue weighted by Crippen LogP contribution is -2.49. The molecule has 0 aliphatic heterocycles. The first-order chi connectivity index (χ1) is 10.3. The molecule has 0 aromatic carbocycles. The van der Waals surface area contributed by atoms with Crippen LogP contribution in [0.5, 0.6) is 0 Å². The van der Waals surface area contributed by atoms with Crippen LogP contribution in [0.3, 0.4) is 0 Å². The number of hydrogen-bond acceptors (Lipinski definition) is 4. The van der Waals surface area contributed by atoms with E-state index >= 15 is 0 Å². The minimum Gasteiger partial charge on any atom is -0.345 e. The van der Waals surface area contributed by atoms with Gasteiger partial charge >= 0.3 is 18.0 Å². The smallest absolute Gasteiger partial charge is 0.345 e. The van der Waals surface area contributed by atoms with Crippen molar-refractivity contribution in [3.63, 3.8) is 0 Å². The SMILES string of the molecule is O=C(Cn1ccc(C(F)(F)F)n1)NNC(=O)C(=O)NC1CC1. The van der Waals surface area contributed by atoms with Crippen LogP contribution >= 0.6 is 0 Å². The Morgan fingerprint density at radius 3 is 2.45 bits per heavy atom. The van der Waals surface area contributed by atoms with Gasteiger partial charge in [-0.1, -0.05) is 0 Å². The van der Waals surface area contributed by atoms with Crippen LogP contribution in [-0.2, 0) is 27.1 Å². The molecular weight excluding hydrogens is 307 g/mol. The highest BCUT2D eigenvalue weighted by atomic mass is 19.4. The third kappa shape index (κ3) is 4.46. The van der Waals surface area contributed by atoms with Gasteiger partial charge in [0.15, 0.2) is 5.69 Å². The van der Waals surface area contributed by atoms with Crippen LogP contribution in [0.2, 0.25) is 0 Å². The molecule has 1 aliphatic rings. The molecule has 1 aliphatic carbocycles. The quantitative estimate of drug-likeness (QED) is 0.507. The van der Waals surface area contributed by atoms with E-state index in [1.54, 1.807) is 0 Å². The van der Waals surface area contributed by atoms with E-state index in [4.69, 9.17) is 0 Å². The summed E-state index contributed by atoms with van der Waals surface area (Å²) in [6.45, 7) is -0.541. The van der Waals surface area contributed by atoms with Crippen molar-refractivity contribution in [1.29, 1.82) is 0 Å². The van der Waals surface area contributed by atoms with E-state index in [0.717, 1.165) is 29.8 Å². The summed E-state index contributed by atoms with van der Waals surface area (Å²) in [4.78, 5) is 34.0. The van der Waals surface area contributed by atoms with Crippen molar-refractivity contribution in [3.8, 4) is 0 Å². The zero-order valence-electron chi connectivity index (χ0n) is 11.1.